The summed E-state index contributed by atoms with van der Waals surface area (Å²) in [5.74, 6) is 7.61. The average molecular weight is 120 g/mol. The molecule has 5 saturated carbocycles. The fraction of sp³-hybridized carbons (Fsp3) is 1.00. The third-order valence-corrected chi connectivity index (χ3v) is 4.76. The average Bonchev–Trinajstić information content (AvgIpc) is 2.35. The van der Waals surface area contributed by atoms with Crippen LogP contribution in [-0.4, -0.2) is 0 Å². The predicted molar refractivity (Wildman–Crippen MR) is 34.8 cm³/mol. The van der Waals surface area contributed by atoms with Crippen LogP contribution in [0.3, 0.4) is 0 Å². The molecule has 0 saturated heterocycles. The van der Waals surface area contributed by atoms with Crippen molar-refractivity contribution in [3.8, 4) is 0 Å². The van der Waals surface area contributed by atoms with Crippen molar-refractivity contribution in [2.45, 2.75) is 19.3 Å². The van der Waals surface area contributed by atoms with Crippen LogP contribution in [0.5, 0.6) is 0 Å². The molecule has 4 unspecified atom stereocenters. The van der Waals surface area contributed by atoms with Crippen LogP contribution in [-0.2, 0) is 0 Å². The molecule has 0 heterocycles. The Balaban J connectivity index is 2.01. The third-order valence-electron chi connectivity index (χ3n) is 4.76. The minimum absolute atomic E-state index is 1.25. The van der Waals surface area contributed by atoms with Gasteiger partial charge in [0.05, 0.1) is 0 Å². The van der Waals surface area contributed by atoms with Crippen LogP contribution in [0.2, 0.25) is 0 Å². The quantitative estimate of drug-likeness (QED) is 0.458. The summed E-state index contributed by atoms with van der Waals surface area (Å²) in [6, 6.07) is 0. The maximum Gasteiger partial charge on any atom is -0.0318 e. The molecule has 0 heteroatoms. The monoisotopic (exact) mass is 120 g/mol. The fourth-order valence-electron chi connectivity index (χ4n) is 4.70. The lowest BCUT2D eigenvalue weighted by Crippen LogP contribution is -1.98. The molecule has 5 fully saturated rings. The van der Waals surface area contributed by atoms with E-state index >= 15 is 0 Å². The van der Waals surface area contributed by atoms with E-state index in [0.717, 1.165) is 0 Å². The molecule has 0 radical (unpaired) electrons. The van der Waals surface area contributed by atoms with Gasteiger partial charge in [-0.3, -0.25) is 0 Å². The summed E-state index contributed by atoms with van der Waals surface area (Å²) in [6.07, 6.45) is 4.89. The molecule has 48 valence electrons. The molecular formula is C9H12. The molecule has 9 heavy (non-hydrogen) atoms. The highest BCUT2D eigenvalue weighted by Gasteiger charge is 2.74. The Morgan fingerprint density at radius 3 is 1.67 bits per heavy atom. The Morgan fingerprint density at radius 1 is 0.667 bits per heavy atom. The third kappa shape index (κ3) is 0.235. The maximum absolute atomic E-state index is 1.66. The summed E-state index contributed by atoms with van der Waals surface area (Å²) in [5, 5.41) is 0. The van der Waals surface area contributed by atoms with Gasteiger partial charge in [-0.05, 0) is 54.8 Å². The van der Waals surface area contributed by atoms with E-state index in [1.807, 2.05) is 0 Å². The molecule has 5 rings (SSSR count). The van der Waals surface area contributed by atoms with Gasteiger partial charge in [-0.25, -0.2) is 0 Å². The molecule has 4 atom stereocenters. The summed E-state index contributed by atoms with van der Waals surface area (Å²) in [6.45, 7) is 0. The highest BCUT2D eigenvalue weighted by molar-refractivity contribution is 5.22. The highest BCUT2D eigenvalue weighted by atomic mass is 14.8. The maximum atomic E-state index is 1.66. The summed E-state index contributed by atoms with van der Waals surface area (Å²) in [5.41, 5.74) is 0. The smallest absolute Gasteiger partial charge is 0.0318 e. The van der Waals surface area contributed by atoms with Gasteiger partial charge in [0.1, 0.15) is 0 Å². The molecule has 0 aromatic carbocycles. The zero-order valence-electron chi connectivity index (χ0n) is 5.59. The molecule has 0 nitrogen and oxygen atoms in total. The van der Waals surface area contributed by atoms with Crippen molar-refractivity contribution in [1.82, 2.24) is 0 Å². The fourth-order valence-corrected chi connectivity index (χ4v) is 4.70. The number of hydrogen-bond donors (Lipinski definition) is 0. The normalized spacial score (nSPS) is 80.0. The number of rotatable bonds is 0. The van der Waals surface area contributed by atoms with Crippen molar-refractivity contribution in [3.63, 3.8) is 0 Å². The summed E-state index contributed by atoms with van der Waals surface area (Å²) < 4.78 is 0. The van der Waals surface area contributed by atoms with Gasteiger partial charge < -0.3 is 0 Å². The molecule has 0 aromatic heterocycles. The van der Waals surface area contributed by atoms with Crippen LogP contribution in [0.15, 0.2) is 0 Å². The molecule has 0 amide bonds. The van der Waals surface area contributed by atoms with Crippen LogP contribution in [0, 0.1) is 35.5 Å². The second kappa shape index (κ2) is 0.889. The van der Waals surface area contributed by atoms with Crippen molar-refractivity contribution in [2.24, 2.45) is 35.5 Å². The van der Waals surface area contributed by atoms with E-state index in [0.29, 0.717) is 0 Å². The van der Waals surface area contributed by atoms with E-state index in [2.05, 4.69) is 0 Å². The Bertz CT molecular complexity index is 166. The first-order valence-corrected chi connectivity index (χ1v) is 4.47. The Morgan fingerprint density at radius 2 is 1.33 bits per heavy atom. The Kier molecular flexibility index (Phi) is 0.395. The standard InChI is InChI=1S/C9H12/c1-2-5-6-3-7-8(4(1)6)9(5)7/h4-9H,1-3H2. The van der Waals surface area contributed by atoms with Crippen molar-refractivity contribution < 1.29 is 0 Å². The van der Waals surface area contributed by atoms with E-state index < -0.39 is 0 Å². The van der Waals surface area contributed by atoms with Gasteiger partial charge in [-0.2, -0.15) is 0 Å². The number of hydrogen-bond acceptors (Lipinski definition) is 0. The van der Waals surface area contributed by atoms with Crippen molar-refractivity contribution in [2.75, 3.05) is 0 Å². The minimum Gasteiger partial charge on any atom is -0.0496 e. The Hall–Kier alpha value is 0. The lowest BCUT2D eigenvalue weighted by molar-refractivity contribution is 0.444. The first-order valence-electron chi connectivity index (χ1n) is 4.47. The van der Waals surface area contributed by atoms with Crippen molar-refractivity contribution in [1.29, 1.82) is 0 Å². The molecule has 0 spiro atoms. The van der Waals surface area contributed by atoms with Crippen LogP contribution < -0.4 is 0 Å². The second-order valence-electron chi connectivity index (χ2n) is 4.62. The molecule has 6 bridgehead atoms. The van der Waals surface area contributed by atoms with Gasteiger partial charge in [0.25, 0.3) is 0 Å². The molecule has 0 N–H and O–H groups in total. The van der Waals surface area contributed by atoms with E-state index in [9.17, 15) is 0 Å². The van der Waals surface area contributed by atoms with E-state index in [-0.39, 0.29) is 0 Å². The van der Waals surface area contributed by atoms with Gasteiger partial charge in [0.15, 0.2) is 0 Å². The first-order chi connectivity index (χ1) is 4.47. The molecule has 5 aliphatic carbocycles. The van der Waals surface area contributed by atoms with E-state index in [1.54, 1.807) is 19.3 Å². The van der Waals surface area contributed by atoms with Gasteiger partial charge in [0, 0.05) is 0 Å². The van der Waals surface area contributed by atoms with Gasteiger partial charge in [0.2, 0.25) is 0 Å². The van der Waals surface area contributed by atoms with Crippen LogP contribution >= 0.6 is 0 Å². The van der Waals surface area contributed by atoms with Crippen LogP contribution in [0.1, 0.15) is 19.3 Å². The summed E-state index contributed by atoms with van der Waals surface area (Å²) >= 11 is 0. The molecule has 0 aliphatic heterocycles. The van der Waals surface area contributed by atoms with Crippen molar-refractivity contribution in [3.05, 3.63) is 0 Å². The van der Waals surface area contributed by atoms with E-state index in [1.165, 1.54) is 35.5 Å². The molecule has 5 aliphatic rings. The Labute approximate surface area is 55.6 Å². The highest BCUT2D eigenvalue weighted by Crippen LogP contribution is 2.80. The predicted octanol–water partition coefficient (Wildman–Crippen LogP) is 1.91. The van der Waals surface area contributed by atoms with Gasteiger partial charge in [-0.15, -0.1) is 0 Å². The van der Waals surface area contributed by atoms with Crippen LogP contribution in [0.4, 0.5) is 0 Å². The SMILES string of the molecule is C1CC2C3CC4C(C13)C24. The van der Waals surface area contributed by atoms with Crippen LogP contribution in [0.25, 0.3) is 0 Å². The van der Waals surface area contributed by atoms with E-state index in [4.69, 9.17) is 0 Å². The van der Waals surface area contributed by atoms with Gasteiger partial charge in [-0.1, -0.05) is 0 Å². The topological polar surface area (TPSA) is 0 Å². The molecule has 0 aromatic rings. The zero-order valence-corrected chi connectivity index (χ0v) is 5.59. The lowest BCUT2D eigenvalue weighted by Gasteiger charge is -2.04. The summed E-state index contributed by atoms with van der Waals surface area (Å²) in [4.78, 5) is 0. The largest absolute Gasteiger partial charge is 0.0496 e. The first kappa shape index (κ1) is 4.00. The van der Waals surface area contributed by atoms with Gasteiger partial charge >= 0.3 is 0 Å². The molecular weight excluding hydrogens is 108 g/mol. The van der Waals surface area contributed by atoms with Crippen molar-refractivity contribution >= 4 is 0 Å². The summed E-state index contributed by atoms with van der Waals surface area (Å²) in [7, 11) is 0. The minimum atomic E-state index is 1.25. The second-order valence-corrected chi connectivity index (χ2v) is 4.62. The zero-order chi connectivity index (χ0) is 5.59. The lowest BCUT2D eigenvalue weighted by atomic mass is 10.0.